The Morgan fingerprint density at radius 2 is 2.21 bits per heavy atom. The molecule has 2 N–H and O–H groups in total. The molecule has 4 heteroatoms. The fourth-order valence-corrected chi connectivity index (χ4v) is 3.98. The Hall–Kier alpha value is -0.610. The van der Waals surface area contributed by atoms with E-state index in [9.17, 15) is 0 Å². The smallest absolute Gasteiger partial charge is 0.186 e. The van der Waals surface area contributed by atoms with E-state index in [1.807, 2.05) is 0 Å². The van der Waals surface area contributed by atoms with Gasteiger partial charge in [0.25, 0.3) is 0 Å². The normalized spacial score (nSPS) is 25.6. The van der Waals surface area contributed by atoms with Crippen molar-refractivity contribution >= 4 is 16.5 Å². The summed E-state index contributed by atoms with van der Waals surface area (Å²) in [7, 11) is 0. The van der Waals surface area contributed by atoms with E-state index >= 15 is 0 Å². The van der Waals surface area contributed by atoms with Crippen molar-refractivity contribution in [1.82, 2.24) is 4.98 Å². The first-order valence-corrected chi connectivity index (χ1v) is 8.36. The Labute approximate surface area is 121 Å². The molecule has 3 unspecified atom stereocenters. The molecular formula is C15H27N3S. The van der Waals surface area contributed by atoms with Gasteiger partial charge in [-0.25, -0.2) is 4.98 Å². The maximum atomic E-state index is 5.90. The van der Waals surface area contributed by atoms with Gasteiger partial charge < -0.3 is 10.6 Å². The van der Waals surface area contributed by atoms with Crippen molar-refractivity contribution in [3.05, 3.63) is 10.6 Å². The Kier molecular flexibility index (Phi) is 4.85. The van der Waals surface area contributed by atoms with Gasteiger partial charge in [-0.2, -0.15) is 0 Å². The number of nitrogens with zero attached hydrogens (tertiary/aromatic N) is 2. The summed E-state index contributed by atoms with van der Waals surface area (Å²) in [6.45, 7) is 10.9. The van der Waals surface area contributed by atoms with Crippen molar-refractivity contribution in [1.29, 1.82) is 0 Å². The molecule has 1 fully saturated rings. The van der Waals surface area contributed by atoms with Crippen LogP contribution in [0, 0.1) is 5.92 Å². The minimum Gasteiger partial charge on any atom is -0.345 e. The molecule has 2 rings (SSSR count). The van der Waals surface area contributed by atoms with E-state index in [1.54, 1.807) is 11.3 Å². The van der Waals surface area contributed by atoms with Gasteiger partial charge in [-0.05, 0) is 38.0 Å². The van der Waals surface area contributed by atoms with Crippen molar-refractivity contribution in [3.63, 3.8) is 0 Å². The predicted octanol–water partition coefficient (Wildman–Crippen LogP) is 3.74. The van der Waals surface area contributed by atoms with Gasteiger partial charge in [-0.3, -0.25) is 0 Å². The third-order valence-electron chi connectivity index (χ3n) is 4.60. The summed E-state index contributed by atoms with van der Waals surface area (Å²) in [5.41, 5.74) is 7.13. The molecule has 0 spiro atoms. The Balaban J connectivity index is 2.27. The number of hydrogen-bond acceptors (Lipinski definition) is 4. The molecule has 0 saturated carbocycles. The fourth-order valence-electron chi connectivity index (χ4n) is 2.80. The number of nitrogens with two attached hydrogens (primary N) is 1. The van der Waals surface area contributed by atoms with E-state index in [2.05, 4.69) is 32.6 Å². The zero-order valence-electron chi connectivity index (χ0n) is 12.6. The van der Waals surface area contributed by atoms with Crippen LogP contribution in [0.2, 0.25) is 0 Å². The van der Waals surface area contributed by atoms with Crippen LogP contribution in [0.5, 0.6) is 0 Å². The van der Waals surface area contributed by atoms with E-state index in [0.29, 0.717) is 18.5 Å². The molecule has 1 saturated heterocycles. The third kappa shape index (κ3) is 2.95. The van der Waals surface area contributed by atoms with Crippen LogP contribution >= 0.6 is 11.3 Å². The van der Waals surface area contributed by atoms with Gasteiger partial charge in [0.2, 0.25) is 0 Å². The van der Waals surface area contributed by atoms with Crippen LogP contribution < -0.4 is 10.6 Å². The topological polar surface area (TPSA) is 42.2 Å². The van der Waals surface area contributed by atoms with E-state index in [-0.39, 0.29) is 0 Å². The Bertz CT molecular complexity index is 416. The second kappa shape index (κ2) is 6.23. The summed E-state index contributed by atoms with van der Waals surface area (Å²) in [5.74, 6) is 1.27. The molecule has 19 heavy (non-hydrogen) atoms. The molecule has 1 aromatic rings. The number of hydrogen-bond donors (Lipinski definition) is 1. The van der Waals surface area contributed by atoms with Gasteiger partial charge in [0, 0.05) is 24.0 Å². The monoisotopic (exact) mass is 281 g/mol. The molecule has 0 aromatic carbocycles. The van der Waals surface area contributed by atoms with Crippen LogP contribution in [-0.4, -0.2) is 17.6 Å². The highest BCUT2D eigenvalue weighted by Crippen LogP contribution is 2.35. The number of piperidine rings is 1. The first-order valence-electron chi connectivity index (χ1n) is 7.54. The molecule has 0 aliphatic carbocycles. The average Bonchev–Trinajstić information content (AvgIpc) is 2.85. The quantitative estimate of drug-likeness (QED) is 0.914. The highest BCUT2D eigenvalue weighted by Gasteiger charge is 2.28. The second-order valence-electron chi connectivity index (χ2n) is 5.87. The summed E-state index contributed by atoms with van der Waals surface area (Å²) >= 11 is 1.81. The molecule has 0 amide bonds. The van der Waals surface area contributed by atoms with Crippen molar-refractivity contribution in [2.24, 2.45) is 11.7 Å². The molecule has 0 bridgehead atoms. The van der Waals surface area contributed by atoms with Gasteiger partial charge in [-0.15, -0.1) is 11.3 Å². The summed E-state index contributed by atoms with van der Waals surface area (Å²) in [5, 5.41) is 1.19. The lowest BCUT2D eigenvalue weighted by molar-refractivity contribution is 0.363. The minimum atomic E-state index is 0.515. The van der Waals surface area contributed by atoms with Gasteiger partial charge in [0.1, 0.15) is 0 Å². The molecule has 3 atom stereocenters. The van der Waals surface area contributed by atoms with E-state index in [4.69, 9.17) is 10.7 Å². The average molecular weight is 281 g/mol. The number of aromatic nitrogens is 1. The Morgan fingerprint density at radius 3 is 2.84 bits per heavy atom. The zero-order chi connectivity index (χ0) is 14.0. The highest BCUT2D eigenvalue weighted by molar-refractivity contribution is 7.15. The van der Waals surface area contributed by atoms with Crippen LogP contribution in [0.25, 0.3) is 0 Å². The first-order chi connectivity index (χ1) is 9.08. The van der Waals surface area contributed by atoms with Crippen LogP contribution in [0.3, 0.4) is 0 Å². The van der Waals surface area contributed by atoms with E-state index in [1.165, 1.54) is 28.5 Å². The van der Waals surface area contributed by atoms with E-state index < -0.39 is 0 Å². The minimum absolute atomic E-state index is 0.515. The summed E-state index contributed by atoms with van der Waals surface area (Å²) in [6.07, 6.45) is 3.74. The predicted molar refractivity (Wildman–Crippen MR) is 83.9 cm³/mol. The molecule has 1 aliphatic heterocycles. The molecule has 108 valence electrons. The summed E-state index contributed by atoms with van der Waals surface area (Å²) in [6, 6.07) is 0.593. The third-order valence-corrected chi connectivity index (χ3v) is 5.73. The standard InChI is InChI=1S/C15H27N3S/c1-5-10(2)14-13(9-16)19-15(17-14)18-8-6-7-11(3)12(18)4/h10-12H,5-9,16H2,1-4H3. The molecule has 1 aromatic heterocycles. The van der Waals surface area contributed by atoms with Gasteiger partial charge in [-0.1, -0.05) is 20.8 Å². The highest BCUT2D eigenvalue weighted by atomic mass is 32.1. The second-order valence-corrected chi connectivity index (χ2v) is 6.93. The number of anilines is 1. The van der Waals surface area contributed by atoms with Crippen LogP contribution in [0.4, 0.5) is 5.13 Å². The maximum absolute atomic E-state index is 5.90. The molecular weight excluding hydrogens is 254 g/mol. The first kappa shape index (κ1) is 14.8. The number of rotatable bonds is 4. The van der Waals surface area contributed by atoms with Crippen LogP contribution in [0.1, 0.15) is 63.4 Å². The van der Waals surface area contributed by atoms with Crippen molar-refractivity contribution in [2.75, 3.05) is 11.4 Å². The fraction of sp³-hybridized carbons (Fsp3) is 0.800. The lowest BCUT2D eigenvalue weighted by Crippen LogP contribution is -2.42. The van der Waals surface area contributed by atoms with Crippen LogP contribution in [0.15, 0.2) is 0 Å². The van der Waals surface area contributed by atoms with Crippen molar-refractivity contribution < 1.29 is 0 Å². The Morgan fingerprint density at radius 1 is 1.47 bits per heavy atom. The lowest BCUT2D eigenvalue weighted by atomic mass is 9.92. The SMILES string of the molecule is CCC(C)c1nc(N2CCCC(C)C2C)sc1CN. The number of thiazole rings is 1. The molecule has 0 radical (unpaired) electrons. The summed E-state index contributed by atoms with van der Waals surface area (Å²) < 4.78 is 0. The zero-order valence-corrected chi connectivity index (χ0v) is 13.5. The molecule has 3 nitrogen and oxygen atoms in total. The summed E-state index contributed by atoms with van der Waals surface area (Å²) in [4.78, 5) is 8.69. The van der Waals surface area contributed by atoms with Crippen LogP contribution in [-0.2, 0) is 6.54 Å². The van der Waals surface area contributed by atoms with Gasteiger partial charge in [0.05, 0.1) is 5.69 Å². The van der Waals surface area contributed by atoms with Gasteiger partial charge >= 0.3 is 0 Å². The lowest BCUT2D eigenvalue weighted by Gasteiger charge is -2.37. The largest absolute Gasteiger partial charge is 0.345 e. The maximum Gasteiger partial charge on any atom is 0.186 e. The molecule has 1 aliphatic rings. The van der Waals surface area contributed by atoms with E-state index in [0.717, 1.165) is 18.9 Å². The molecule has 2 heterocycles. The van der Waals surface area contributed by atoms with Crippen molar-refractivity contribution in [2.45, 2.75) is 65.5 Å². The van der Waals surface area contributed by atoms with Gasteiger partial charge in [0.15, 0.2) is 5.13 Å². The van der Waals surface area contributed by atoms with Crippen molar-refractivity contribution in [3.8, 4) is 0 Å².